The maximum absolute atomic E-state index is 13.1. The molecule has 4 rings (SSSR count). The molecule has 3 amide bonds. The molecule has 0 saturated carbocycles. The summed E-state index contributed by atoms with van der Waals surface area (Å²) >= 11 is 6.06. The van der Waals surface area contributed by atoms with E-state index in [0.717, 1.165) is 22.4 Å². The zero-order valence-corrected chi connectivity index (χ0v) is 19.4. The summed E-state index contributed by atoms with van der Waals surface area (Å²) in [5, 5.41) is 5.76. The lowest BCUT2D eigenvalue weighted by Crippen LogP contribution is -2.36. The smallest absolute Gasteiger partial charge is 0.321 e. The highest BCUT2D eigenvalue weighted by Gasteiger charge is 2.30. The first-order valence-corrected chi connectivity index (χ1v) is 10.9. The number of benzene rings is 3. The number of nitrogens with one attached hydrogen (secondary N) is 3. The van der Waals surface area contributed by atoms with Crippen LogP contribution in [0.15, 0.2) is 72.8 Å². The number of aryl methyl sites for hydroxylation is 1. The van der Waals surface area contributed by atoms with Gasteiger partial charge in [-0.05, 0) is 67.1 Å². The number of hydrogen-bond acceptors (Lipinski definition) is 3. The Morgan fingerprint density at radius 1 is 0.833 bits per heavy atom. The Labute approximate surface area is 207 Å². The fourth-order valence-corrected chi connectivity index (χ4v) is 3.69. The van der Waals surface area contributed by atoms with Gasteiger partial charge >= 0.3 is 18.0 Å². The molecule has 0 aliphatic rings. The van der Waals surface area contributed by atoms with E-state index < -0.39 is 29.5 Å². The number of amides is 3. The lowest BCUT2D eigenvalue weighted by molar-refractivity contribution is -0.137. The minimum atomic E-state index is -4.62. The van der Waals surface area contributed by atoms with Crippen molar-refractivity contribution in [2.75, 3.05) is 16.1 Å². The fraction of sp³-hybridized carbons (Fsp3) is 0.0800. The molecule has 7 nitrogen and oxygen atoms in total. The molecule has 11 heteroatoms. The second kappa shape index (κ2) is 9.74. The zero-order chi connectivity index (χ0) is 26.0. The monoisotopic (exact) mass is 514 g/mol. The first kappa shape index (κ1) is 24.8. The van der Waals surface area contributed by atoms with Crippen LogP contribution in [0.3, 0.4) is 0 Å². The van der Waals surface area contributed by atoms with Crippen molar-refractivity contribution in [2.45, 2.75) is 13.1 Å². The summed E-state index contributed by atoms with van der Waals surface area (Å²) < 4.78 is 40.0. The average molecular weight is 515 g/mol. The minimum absolute atomic E-state index is 0.00556. The third-order valence-electron chi connectivity index (χ3n) is 5.14. The Morgan fingerprint density at radius 2 is 1.53 bits per heavy atom. The molecule has 0 unspecified atom stereocenters. The normalized spacial score (nSPS) is 11.2. The van der Waals surface area contributed by atoms with Crippen LogP contribution in [0, 0.1) is 6.92 Å². The summed E-state index contributed by atoms with van der Waals surface area (Å²) in [7, 11) is 0. The molecular formula is C25H18ClF3N4O3. The van der Waals surface area contributed by atoms with E-state index >= 15 is 0 Å². The van der Waals surface area contributed by atoms with Gasteiger partial charge < -0.3 is 10.6 Å². The predicted octanol–water partition coefficient (Wildman–Crippen LogP) is 5.58. The number of carbonyl (C=O) groups is 3. The van der Waals surface area contributed by atoms with Crippen LogP contribution >= 0.6 is 11.6 Å². The van der Waals surface area contributed by atoms with Gasteiger partial charge in [0, 0.05) is 21.8 Å². The maximum Gasteiger partial charge on any atom is 0.416 e. The Balaban J connectivity index is 1.60. The van der Waals surface area contributed by atoms with Crippen LogP contribution < -0.4 is 16.1 Å². The van der Waals surface area contributed by atoms with E-state index in [2.05, 4.69) is 16.1 Å². The van der Waals surface area contributed by atoms with Crippen LogP contribution in [0.4, 0.5) is 24.5 Å². The van der Waals surface area contributed by atoms with Crippen molar-refractivity contribution in [3.8, 4) is 0 Å². The summed E-state index contributed by atoms with van der Waals surface area (Å²) in [6.45, 7) is 1.86. The number of rotatable bonds is 4. The van der Waals surface area contributed by atoms with Gasteiger partial charge in [-0.25, -0.2) is 4.68 Å². The quantitative estimate of drug-likeness (QED) is 0.310. The highest BCUT2D eigenvalue weighted by atomic mass is 35.5. The number of nitrogens with zero attached hydrogens (tertiary/aromatic N) is 1. The molecular weight excluding hydrogens is 497 g/mol. The summed E-state index contributed by atoms with van der Waals surface area (Å²) in [6.07, 6.45) is -4.62. The van der Waals surface area contributed by atoms with Crippen LogP contribution in [0.1, 0.15) is 21.6 Å². The molecule has 0 radical (unpaired) electrons. The number of alkyl halides is 3. The van der Waals surface area contributed by atoms with E-state index in [1.807, 2.05) is 13.0 Å². The van der Waals surface area contributed by atoms with Crippen LogP contribution in [-0.2, 0) is 15.8 Å². The van der Waals surface area contributed by atoms with Gasteiger partial charge in [-0.2, -0.15) is 13.2 Å². The van der Waals surface area contributed by atoms with E-state index in [0.29, 0.717) is 27.7 Å². The summed E-state index contributed by atoms with van der Waals surface area (Å²) in [6, 6.07) is 17.1. The number of hydrogen-bond donors (Lipinski definition) is 3. The van der Waals surface area contributed by atoms with Gasteiger partial charge in [0.1, 0.15) is 5.69 Å². The minimum Gasteiger partial charge on any atom is -0.321 e. The molecule has 0 atom stereocenters. The van der Waals surface area contributed by atoms with Gasteiger partial charge in [0.2, 0.25) is 0 Å². The highest BCUT2D eigenvalue weighted by molar-refractivity contribution is 6.42. The third kappa shape index (κ3) is 5.49. The zero-order valence-electron chi connectivity index (χ0n) is 18.6. The predicted molar refractivity (Wildman–Crippen MR) is 131 cm³/mol. The average Bonchev–Trinajstić information content (AvgIpc) is 3.16. The molecule has 3 N–H and O–H groups in total. The molecule has 36 heavy (non-hydrogen) atoms. The summed E-state index contributed by atoms with van der Waals surface area (Å²) in [5.74, 6) is -3.01. The fourth-order valence-electron chi connectivity index (χ4n) is 3.51. The van der Waals surface area contributed by atoms with Gasteiger partial charge in [0.25, 0.3) is 5.91 Å². The van der Waals surface area contributed by atoms with E-state index in [4.69, 9.17) is 11.6 Å². The lowest BCUT2D eigenvalue weighted by atomic mass is 10.2. The van der Waals surface area contributed by atoms with Crippen LogP contribution in [0.25, 0.3) is 10.9 Å². The molecule has 4 aromatic rings. The molecule has 0 aliphatic carbocycles. The number of halogens is 4. The van der Waals surface area contributed by atoms with E-state index in [9.17, 15) is 27.6 Å². The molecule has 0 fully saturated rings. The van der Waals surface area contributed by atoms with Crippen molar-refractivity contribution in [1.29, 1.82) is 0 Å². The van der Waals surface area contributed by atoms with Gasteiger partial charge in [-0.3, -0.25) is 19.8 Å². The van der Waals surface area contributed by atoms with E-state index in [1.165, 1.54) is 18.2 Å². The topological polar surface area (TPSA) is 92.2 Å². The molecule has 0 saturated heterocycles. The van der Waals surface area contributed by atoms with Crippen molar-refractivity contribution < 1.29 is 27.6 Å². The van der Waals surface area contributed by atoms with Crippen LogP contribution in [-0.4, -0.2) is 22.4 Å². The largest absolute Gasteiger partial charge is 0.416 e. The van der Waals surface area contributed by atoms with Crippen molar-refractivity contribution >= 4 is 51.6 Å². The summed E-state index contributed by atoms with van der Waals surface area (Å²) in [4.78, 5) is 38.2. The van der Waals surface area contributed by atoms with E-state index in [-0.39, 0.29) is 11.4 Å². The van der Waals surface area contributed by atoms with Crippen molar-refractivity contribution in [1.82, 2.24) is 4.68 Å². The van der Waals surface area contributed by atoms with Crippen molar-refractivity contribution in [2.24, 2.45) is 0 Å². The van der Waals surface area contributed by atoms with E-state index in [1.54, 1.807) is 30.3 Å². The van der Waals surface area contributed by atoms with Crippen molar-refractivity contribution in [3.63, 3.8) is 0 Å². The molecule has 184 valence electrons. The highest BCUT2D eigenvalue weighted by Crippen LogP contribution is 2.30. The molecule has 0 spiro atoms. The van der Waals surface area contributed by atoms with Gasteiger partial charge in [0.15, 0.2) is 0 Å². The Hall–Kier alpha value is -4.31. The number of carbonyl (C=O) groups excluding carboxylic acids is 3. The van der Waals surface area contributed by atoms with Gasteiger partial charge in [-0.1, -0.05) is 29.8 Å². The first-order chi connectivity index (χ1) is 17.0. The molecule has 0 aliphatic heterocycles. The Kier molecular flexibility index (Phi) is 6.71. The third-order valence-corrected chi connectivity index (χ3v) is 5.37. The van der Waals surface area contributed by atoms with Gasteiger partial charge in [0.05, 0.1) is 11.1 Å². The standard InChI is InChI=1S/C25H18ClF3N4O3/c1-14-4-2-6-18(10-14)30-22(34)21-12-15-11-17(26)8-9-20(15)33(21)32-24(36)23(35)31-19-7-3-5-16(13-19)25(27,28)29/h2-13H,1H3,(H,30,34)(H,31,35)(H,32,36). The number of anilines is 2. The molecule has 0 bridgehead atoms. The Bertz CT molecular complexity index is 1500. The second-order valence-electron chi connectivity index (χ2n) is 7.87. The molecule has 1 aromatic heterocycles. The first-order valence-electron chi connectivity index (χ1n) is 10.5. The molecule has 1 heterocycles. The maximum atomic E-state index is 13.1. The number of aromatic nitrogens is 1. The lowest BCUT2D eigenvalue weighted by Gasteiger charge is -2.13. The molecule has 3 aromatic carbocycles. The number of fused-ring (bicyclic) bond motifs is 1. The second-order valence-corrected chi connectivity index (χ2v) is 8.30. The summed E-state index contributed by atoms with van der Waals surface area (Å²) in [5.41, 5.74) is 2.93. The van der Waals surface area contributed by atoms with Crippen LogP contribution in [0.2, 0.25) is 5.02 Å². The SMILES string of the molecule is Cc1cccc(NC(=O)c2cc3cc(Cl)ccc3n2NC(=O)C(=O)Nc2cccc(C(F)(F)F)c2)c1. The van der Waals surface area contributed by atoms with Gasteiger partial charge in [-0.15, -0.1) is 0 Å². The van der Waals surface area contributed by atoms with Crippen molar-refractivity contribution in [3.05, 3.63) is 94.6 Å². The van der Waals surface area contributed by atoms with Crippen LogP contribution in [0.5, 0.6) is 0 Å². The Morgan fingerprint density at radius 3 is 2.22 bits per heavy atom.